The number of phenols is 2. The van der Waals surface area contributed by atoms with Gasteiger partial charge in [0.1, 0.15) is 0 Å². The molecule has 4 unspecified atom stereocenters. The second kappa shape index (κ2) is 10.5. The Kier molecular flexibility index (Phi) is 6.39. The number of piperidine rings is 2. The molecule has 5 heterocycles. The second-order valence-electron chi connectivity index (χ2n) is 18.5. The Balaban J connectivity index is 0.000000120. The normalized spacial score (nSPS) is 42.0. The van der Waals surface area contributed by atoms with Gasteiger partial charge in [-0.1, -0.05) is 12.1 Å². The minimum Gasteiger partial charge on any atom is -0.504 e. The van der Waals surface area contributed by atoms with Crippen molar-refractivity contribution in [2.45, 2.75) is 129 Å². The second-order valence-corrected chi connectivity index (χ2v) is 18.5. The Labute approximate surface area is 309 Å². The van der Waals surface area contributed by atoms with Crippen LogP contribution in [0.25, 0.3) is 0 Å². The molecule has 0 aromatic heterocycles. The summed E-state index contributed by atoms with van der Waals surface area (Å²) < 4.78 is 24.8. The number of ether oxygens (including phenoxy) is 4. The highest BCUT2D eigenvalue weighted by Crippen LogP contribution is 2.69. The van der Waals surface area contributed by atoms with Crippen molar-refractivity contribution < 1.29 is 44.2 Å². The van der Waals surface area contributed by atoms with Gasteiger partial charge in [-0.3, -0.25) is 14.6 Å². The minimum absolute atomic E-state index is 0.0454. The van der Waals surface area contributed by atoms with Gasteiger partial charge in [0.2, 0.25) is 5.79 Å². The maximum Gasteiger partial charge on any atom is 0.207 e. The third kappa shape index (κ3) is 3.90. The fourth-order valence-corrected chi connectivity index (χ4v) is 13.5. The lowest BCUT2D eigenvalue weighted by atomic mass is 9.48. The lowest BCUT2D eigenvalue weighted by Gasteiger charge is -2.65. The zero-order valence-corrected chi connectivity index (χ0v) is 30.2. The predicted molar refractivity (Wildman–Crippen MR) is 189 cm³/mol. The van der Waals surface area contributed by atoms with Crippen LogP contribution in [0, 0.1) is 11.8 Å². The maximum absolute atomic E-state index is 12.7. The van der Waals surface area contributed by atoms with E-state index in [4.69, 9.17) is 18.9 Å². The fourth-order valence-electron chi connectivity index (χ4n) is 13.5. The number of aromatic hydroxyl groups is 2. The van der Waals surface area contributed by atoms with E-state index >= 15 is 0 Å². The molecule has 0 radical (unpaired) electrons. The van der Waals surface area contributed by atoms with Gasteiger partial charge in [-0.2, -0.15) is 0 Å². The molecule has 6 aliphatic carbocycles. The van der Waals surface area contributed by atoms with E-state index in [1.807, 2.05) is 12.1 Å². The summed E-state index contributed by atoms with van der Waals surface area (Å²) in [6, 6.07) is 7.56. The van der Waals surface area contributed by atoms with Crippen LogP contribution in [0.3, 0.4) is 0 Å². The number of carbonyl (C=O) groups excluding carboxylic acids is 1. The van der Waals surface area contributed by atoms with Crippen molar-refractivity contribution in [3.63, 3.8) is 0 Å². The molecule has 5 aliphatic heterocycles. The lowest BCUT2D eigenvalue weighted by Crippen LogP contribution is -2.79. The minimum atomic E-state index is -0.940. The Morgan fingerprint density at radius 2 is 1.23 bits per heavy atom. The van der Waals surface area contributed by atoms with Crippen LogP contribution in [0.15, 0.2) is 24.3 Å². The number of phenolic OH excluding ortho intramolecular Hbond substituents is 2. The van der Waals surface area contributed by atoms with Crippen LogP contribution in [-0.4, -0.2) is 117 Å². The molecular weight excluding hydrogens is 676 g/mol. The summed E-state index contributed by atoms with van der Waals surface area (Å²) in [5.41, 5.74) is 1.25. The molecule has 4 bridgehead atoms. The average Bonchev–Trinajstić information content (AvgIpc) is 4.02. The molecule has 13 rings (SSSR count). The molecule has 2 aromatic rings. The van der Waals surface area contributed by atoms with Crippen LogP contribution in [0.1, 0.15) is 86.5 Å². The fraction of sp³-hybridized carbons (Fsp3) is 0.690. The van der Waals surface area contributed by atoms with Crippen LogP contribution < -0.4 is 9.47 Å². The first-order chi connectivity index (χ1) is 25.6. The number of ketones is 1. The van der Waals surface area contributed by atoms with E-state index in [1.54, 1.807) is 12.1 Å². The molecule has 11 heteroatoms. The number of nitrogens with zero attached hydrogens (tertiary/aromatic N) is 2. The molecule has 282 valence electrons. The molecule has 4 saturated carbocycles. The number of aliphatic hydroxyl groups is 2. The molecule has 11 nitrogen and oxygen atoms in total. The molecule has 7 fully saturated rings. The van der Waals surface area contributed by atoms with Gasteiger partial charge >= 0.3 is 0 Å². The van der Waals surface area contributed by atoms with Crippen molar-refractivity contribution in [3.05, 3.63) is 46.5 Å². The molecule has 4 N–H and O–H groups in total. The summed E-state index contributed by atoms with van der Waals surface area (Å²) in [5, 5.41) is 45.2. The number of likely N-dealkylation sites (tertiary alicyclic amines) is 2. The van der Waals surface area contributed by atoms with E-state index < -0.39 is 40.0 Å². The van der Waals surface area contributed by atoms with E-state index in [0.29, 0.717) is 50.4 Å². The lowest BCUT2D eigenvalue weighted by molar-refractivity contribution is -0.296. The first-order valence-electron chi connectivity index (χ1n) is 20.4. The summed E-state index contributed by atoms with van der Waals surface area (Å²) in [6.07, 6.45) is 9.47. The van der Waals surface area contributed by atoms with Crippen LogP contribution in [0.2, 0.25) is 0 Å². The van der Waals surface area contributed by atoms with Crippen molar-refractivity contribution in [2.75, 3.05) is 39.4 Å². The third-order valence-electron chi connectivity index (χ3n) is 16.1. The van der Waals surface area contributed by atoms with Crippen LogP contribution in [0.4, 0.5) is 0 Å². The van der Waals surface area contributed by atoms with Gasteiger partial charge < -0.3 is 39.4 Å². The Morgan fingerprint density at radius 1 is 0.679 bits per heavy atom. The van der Waals surface area contributed by atoms with Crippen LogP contribution >= 0.6 is 0 Å². The van der Waals surface area contributed by atoms with Gasteiger partial charge in [0, 0.05) is 49.1 Å². The summed E-state index contributed by atoms with van der Waals surface area (Å²) >= 11 is 0. The highest BCUT2D eigenvalue weighted by Gasteiger charge is 2.78. The molecule has 53 heavy (non-hydrogen) atoms. The van der Waals surface area contributed by atoms with E-state index in [0.717, 1.165) is 80.4 Å². The molecule has 0 amide bonds. The quantitative estimate of drug-likeness (QED) is 0.369. The van der Waals surface area contributed by atoms with Crippen molar-refractivity contribution in [2.24, 2.45) is 11.8 Å². The Morgan fingerprint density at radius 3 is 1.83 bits per heavy atom. The summed E-state index contributed by atoms with van der Waals surface area (Å²) in [7, 11) is 0. The zero-order chi connectivity index (χ0) is 35.7. The van der Waals surface area contributed by atoms with Crippen molar-refractivity contribution in [1.82, 2.24) is 9.80 Å². The smallest absolute Gasteiger partial charge is 0.207 e. The van der Waals surface area contributed by atoms with E-state index in [1.165, 1.54) is 31.2 Å². The number of hydrogen-bond donors (Lipinski definition) is 4. The average molecular weight is 727 g/mol. The first kappa shape index (κ1) is 32.3. The topological polar surface area (TPSA) is 141 Å². The van der Waals surface area contributed by atoms with Gasteiger partial charge in [-0.05, 0) is 112 Å². The van der Waals surface area contributed by atoms with Crippen molar-refractivity contribution in [3.8, 4) is 23.0 Å². The number of Topliss-reactive ketones (excluding diaryl/α,β-unsaturated/α-hetero) is 1. The maximum atomic E-state index is 12.7. The van der Waals surface area contributed by atoms with Crippen molar-refractivity contribution in [1.29, 1.82) is 0 Å². The van der Waals surface area contributed by atoms with E-state index in [2.05, 4.69) is 9.80 Å². The number of benzene rings is 2. The van der Waals surface area contributed by atoms with E-state index in [9.17, 15) is 25.2 Å². The highest BCUT2D eigenvalue weighted by atomic mass is 16.8. The van der Waals surface area contributed by atoms with Gasteiger partial charge in [-0.25, -0.2) is 0 Å². The SMILES string of the molecule is O=C1CCC2(O)[C@H]3Cc4ccc(O)c5c4[C@@]2(CCN3CC2CC2)C1O5.Oc1ccc2c3c1OC1C4(CCC5(O)[C@@H](C2)N(CC2CC2)CC[C@]315)OCCO4. The number of hydrogen-bond acceptors (Lipinski definition) is 11. The van der Waals surface area contributed by atoms with Crippen LogP contribution in [-0.2, 0) is 37.9 Å². The van der Waals surface area contributed by atoms with E-state index in [-0.39, 0.29) is 29.4 Å². The number of carbonyl (C=O) groups is 1. The largest absolute Gasteiger partial charge is 0.504 e. The van der Waals surface area contributed by atoms with Gasteiger partial charge in [0.15, 0.2) is 41.0 Å². The molecule has 2 aromatic carbocycles. The number of rotatable bonds is 4. The molecule has 8 atom stereocenters. The summed E-state index contributed by atoms with van der Waals surface area (Å²) in [5.74, 6) is 2.09. The number of fused-ring (bicyclic) bond motifs is 1. The van der Waals surface area contributed by atoms with Gasteiger partial charge in [0.25, 0.3) is 0 Å². The standard InChI is InChI=1S/C22H27NO5.C20H23NO4/c24-15-4-3-14-11-16-21(25)5-6-22(26-9-10-27-22)19-20(21,17(14)18(15)28-19)7-8-23(16)12-13-1-2-13;22-13-4-3-12-9-15-20(24)6-5-14(23)18-19(20,16(12)17(13)25-18)7-8-21(15)10-11-1-2-11/h3-4,13,16,19,24-25H,1-2,5-12H2;3-4,11,15,18,22,24H,1-2,5-10H2/t16-,19?,20+,21?;15-,18?,19+,20?/m11/s1. The summed E-state index contributed by atoms with van der Waals surface area (Å²) in [6.45, 7) is 5.11. The molecule has 11 aliphatic rings. The Hall–Kier alpha value is -2.93. The van der Waals surface area contributed by atoms with Crippen LogP contribution in [0.5, 0.6) is 23.0 Å². The highest BCUT2D eigenvalue weighted by molar-refractivity contribution is 5.90. The summed E-state index contributed by atoms with van der Waals surface area (Å²) in [4.78, 5) is 17.7. The van der Waals surface area contributed by atoms with Crippen molar-refractivity contribution >= 4 is 5.78 Å². The zero-order valence-electron chi connectivity index (χ0n) is 30.2. The predicted octanol–water partition coefficient (Wildman–Crippen LogP) is 3.22. The Bertz CT molecular complexity index is 1940. The molecule has 3 saturated heterocycles. The third-order valence-corrected chi connectivity index (χ3v) is 16.1. The first-order valence-corrected chi connectivity index (χ1v) is 20.4. The molecule has 3 spiro atoms. The van der Waals surface area contributed by atoms with Gasteiger partial charge in [-0.15, -0.1) is 0 Å². The monoisotopic (exact) mass is 726 g/mol. The van der Waals surface area contributed by atoms with Gasteiger partial charge in [0.05, 0.1) is 35.2 Å². The molecular formula is C42H50N2O9.